The van der Waals surface area contributed by atoms with Crippen LogP contribution in [0.2, 0.25) is 0 Å². The lowest BCUT2D eigenvalue weighted by atomic mass is 9.55. The first-order valence-corrected chi connectivity index (χ1v) is 8.98. The van der Waals surface area contributed by atoms with Gasteiger partial charge in [-0.2, -0.15) is 0 Å². The van der Waals surface area contributed by atoms with Crippen LogP contribution in [-0.2, 0) is 26.9 Å². The van der Waals surface area contributed by atoms with Crippen LogP contribution in [0.4, 0.5) is 0 Å². The van der Waals surface area contributed by atoms with Crippen LogP contribution in [0.25, 0.3) is 0 Å². The number of nitrogens with zero attached hydrogens (tertiary/aromatic N) is 2. The largest absolute Gasteiger partial charge is 0.464 e. The summed E-state index contributed by atoms with van der Waals surface area (Å²) in [5, 5.41) is 3.41. The number of ether oxygens (including phenoxy) is 2. The molecule has 128 valence electrons. The SMILES string of the molecule is CCOC(=O)COC1(c2nc(Br)cn2C)CC2(CCNCC2)C1. The maximum absolute atomic E-state index is 11.7. The highest BCUT2D eigenvalue weighted by Gasteiger charge is 2.58. The number of carbonyl (C=O) groups is 1. The predicted octanol–water partition coefficient (Wildman–Crippen LogP) is 2.12. The number of aryl methyl sites for hydroxylation is 1. The summed E-state index contributed by atoms with van der Waals surface area (Å²) in [7, 11) is 1.97. The average Bonchev–Trinajstić information content (AvgIpc) is 2.83. The lowest BCUT2D eigenvalue weighted by Gasteiger charge is -2.56. The third-order valence-electron chi connectivity index (χ3n) is 5.01. The molecule has 1 N–H and O–H groups in total. The molecule has 0 bridgehead atoms. The third-order valence-corrected chi connectivity index (χ3v) is 5.39. The van der Waals surface area contributed by atoms with Gasteiger partial charge in [-0.1, -0.05) is 0 Å². The number of carbonyl (C=O) groups excluding carboxylic acids is 1. The number of imidazole rings is 1. The van der Waals surface area contributed by atoms with Gasteiger partial charge < -0.3 is 19.4 Å². The van der Waals surface area contributed by atoms with Gasteiger partial charge in [-0.05, 0) is 67.0 Å². The first-order valence-electron chi connectivity index (χ1n) is 8.18. The van der Waals surface area contributed by atoms with Gasteiger partial charge in [0.25, 0.3) is 0 Å². The molecule has 0 radical (unpaired) electrons. The van der Waals surface area contributed by atoms with Gasteiger partial charge in [0.1, 0.15) is 22.6 Å². The Hall–Kier alpha value is -0.920. The normalized spacial score (nSPS) is 21.9. The predicted molar refractivity (Wildman–Crippen MR) is 88.9 cm³/mol. The second-order valence-corrected chi connectivity index (χ2v) is 7.50. The summed E-state index contributed by atoms with van der Waals surface area (Å²) in [6.07, 6.45) is 6.07. The number of hydrogen-bond donors (Lipinski definition) is 1. The molecule has 1 aliphatic heterocycles. The second-order valence-electron chi connectivity index (χ2n) is 6.69. The fraction of sp³-hybridized carbons (Fsp3) is 0.750. The van der Waals surface area contributed by atoms with Gasteiger partial charge in [-0.15, -0.1) is 0 Å². The van der Waals surface area contributed by atoms with Gasteiger partial charge in [-0.25, -0.2) is 9.78 Å². The third kappa shape index (κ3) is 3.32. The van der Waals surface area contributed by atoms with E-state index >= 15 is 0 Å². The Balaban J connectivity index is 1.77. The van der Waals surface area contributed by atoms with Gasteiger partial charge in [0, 0.05) is 13.2 Å². The lowest BCUT2D eigenvalue weighted by molar-refractivity contribution is -0.201. The van der Waals surface area contributed by atoms with Gasteiger partial charge >= 0.3 is 5.97 Å². The minimum absolute atomic E-state index is 0.0212. The van der Waals surface area contributed by atoms with Crippen LogP contribution in [0, 0.1) is 5.41 Å². The molecule has 1 aliphatic carbocycles. The van der Waals surface area contributed by atoms with E-state index in [4.69, 9.17) is 9.47 Å². The summed E-state index contributed by atoms with van der Waals surface area (Å²) in [5.41, 5.74) is -0.163. The molecule has 1 aromatic rings. The molecule has 2 fully saturated rings. The van der Waals surface area contributed by atoms with Crippen molar-refractivity contribution in [2.24, 2.45) is 12.5 Å². The van der Waals surface area contributed by atoms with Crippen LogP contribution in [-0.4, -0.2) is 41.8 Å². The van der Waals surface area contributed by atoms with Crippen molar-refractivity contribution in [1.82, 2.24) is 14.9 Å². The second kappa shape index (κ2) is 6.53. The summed E-state index contributed by atoms with van der Waals surface area (Å²) in [6.45, 7) is 4.26. The highest BCUT2D eigenvalue weighted by molar-refractivity contribution is 9.10. The Bertz CT molecular complexity index is 573. The number of hydrogen-bond acceptors (Lipinski definition) is 5. The van der Waals surface area contributed by atoms with Crippen molar-refractivity contribution in [3.63, 3.8) is 0 Å². The Labute approximate surface area is 145 Å². The standard InChI is InChI=1S/C16H24BrN3O3/c1-3-22-13(21)9-23-16(14-19-12(17)8-20(14)2)10-15(11-16)4-6-18-7-5-15/h8,18H,3-7,9-11H2,1-2H3. The highest BCUT2D eigenvalue weighted by Crippen LogP contribution is 2.60. The van der Waals surface area contributed by atoms with Gasteiger partial charge in [0.2, 0.25) is 0 Å². The Kier molecular flexibility index (Phi) is 4.80. The maximum Gasteiger partial charge on any atom is 0.332 e. The van der Waals surface area contributed by atoms with E-state index in [1.165, 1.54) is 0 Å². The van der Waals surface area contributed by atoms with E-state index in [1.54, 1.807) is 6.92 Å². The molecule has 3 rings (SSSR count). The smallest absolute Gasteiger partial charge is 0.332 e. The number of nitrogens with one attached hydrogen (secondary N) is 1. The topological polar surface area (TPSA) is 65.4 Å². The fourth-order valence-electron chi connectivity index (χ4n) is 4.05. The summed E-state index contributed by atoms with van der Waals surface area (Å²) in [5.74, 6) is 0.573. The molecule has 23 heavy (non-hydrogen) atoms. The first kappa shape index (κ1) is 16.9. The van der Waals surface area contributed by atoms with Crippen LogP contribution < -0.4 is 5.32 Å². The Morgan fingerprint density at radius 1 is 1.43 bits per heavy atom. The minimum atomic E-state index is -0.481. The van der Waals surface area contributed by atoms with E-state index in [9.17, 15) is 4.79 Å². The van der Waals surface area contributed by atoms with E-state index in [-0.39, 0.29) is 12.6 Å². The molecule has 2 heterocycles. The van der Waals surface area contributed by atoms with E-state index < -0.39 is 5.60 Å². The average molecular weight is 386 g/mol. The quantitative estimate of drug-likeness (QED) is 0.786. The fourth-order valence-corrected chi connectivity index (χ4v) is 4.52. The summed E-state index contributed by atoms with van der Waals surface area (Å²) >= 11 is 3.43. The number of aromatic nitrogens is 2. The molecule has 0 aromatic carbocycles. The molecule has 1 spiro atoms. The van der Waals surface area contributed by atoms with Crippen LogP contribution in [0.1, 0.15) is 38.4 Å². The van der Waals surface area contributed by atoms with Crippen molar-refractivity contribution in [1.29, 1.82) is 0 Å². The van der Waals surface area contributed by atoms with Crippen LogP contribution in [0.15, 0.2) is 10.8 Å². The molecule has 1 aromatic heterocycles. The van der Waals surface area contributed by atoms with Crippen molar-refractivity contribution in [3.05, 3.63) is 16.6 Å². The molecule has 7 heteroatoms. The van der Waals surface area contributed by atoms with E-state index in [0.29, 0.717) is 12.0 Å². The van der Waals surface area contributed by atoms with Crippen molar-refractivity contribution in [3.8, 4) is 0 Å². The molecular formula is C16H24BrN3O3. The Morgan fingerprint density at radius 3 is 2.70 bits per heavy atom. The molecule has 0 atom stereocenters. The number of rotatable bonds is 5. The van der Waals surface area contributed by atoms with Crippen molar-refractivity contribution < 1.29 is 14.3 Å². The molecule has 2 aliphatic rings. The van der Waals surface area contributed by atoms with E-state index in [1.807, 2.05) is 17.8 Å². The van der Waals surface area contributed by atoms with Gasteiger partial charge in [0.15, 0.2) is 0 Å². The van der Waals surface area contributed by atoms with Crippen LogP contribution >= 0.6 is 15.9 Å². The van der Waals surface area contributed by atoms with Crippen molar-refractivity contribution in [2.75, 3.05) is 26.3 Å². The zero-order valence-electron chi connectivity index (χ0n) is 13.7. The summed E-state index contributed by atoms with van der Waals surface area (Å²) in [4.78, 5) is 16.3. The summed E-state index contributed by atoms with van der Waals surface area (Å²) < 4.78 is 13.9. The molecule has 6 nitrogen and oxygen atoms in total. The number of esters is 1. The zero-order valence-corrected chi connectivity index (χ0v) is 15.3. The van der Waals surface area contributed by atoms with E-state index in [0.717, 1.165) is 49.2 Å². The van der Waals surface area contributed by atoms with Gasteiger partial charge in [0.05, 0.1) is 6.61 Å². The molecule has 1 saturated heterocycles. The zero-order chi connectivity index (χ0) is 16.5. The molecule has 0 unspecified atom stereocenters. The first-order chi connectivity index (χ1) is 11.0. The monoisotopic (exact) mass is 385 g/mol. The molecule has 1 saturated carbocycles. The Morgan fingerprint density at radius 2 is 2.13 bits per heavy atom. The number of piperidine rings is 1. The van der Waals surface area contributed by atoms with E-state index in [2.05, 4.69) is 26.2 Å². The number of halogens is 1. The molecular weight excluding hydrogens is 362 g/mol. The maximum atomic E-state index is 11.7. The van der Waals surface area contributed by atoms with Crippen LogP contribution in [0.5, 0.6) is 0 Å². The van der Waals surface area contributed by atoms with Gasteiger partial charge in [-0.3, -0.25) is 0 Å². The molecule has 0 amide bonds. The lowest BCUT2D eigenvalue weighted by Crippen LogP contribution is -2.56. The van der Waals surface area contributed by atoms with Crippen LogP contribution in [0.3, 0.4) is 0 Å². The summed E-state index contributed by atoms with van der Waals surface area (Å²) in [6, 6.07) is 0. The van der Waals surface area contributed by atoms with Crippen molar-refractivity contribution in [2.45, 2.75) is 38.2 Å². The highest BCUT2D eigenvalue weighted by atomic mass is 79.9. The minimum Gasteiger partial charge on any atom is -0.464 e. The van der Waals surface area contributed by atoms with Crippen molar-refractivity contribution >= 4 is 21.9 Å².